The Bertz CT molecular complexity index is 3970. The quantitative estimate of drug-likeness (QED) is 0.0300. The molecule has 4 aromatic carbocycles. The summed E-state index contributed by atoms with van der Waals surface area (Å²) in [6.45, 7) is 15.7. The van der Waals surface area contributed by atoms with Crippen molar-refractivity contribution in [2.75, 3.05) is 190 Å². The van der Waals surface area contributed by atoms with E-state index in [0.717, 1.165) is 53.4 Å². The van der Waals surface area contributed by atoms with Gasteiger partial charge in [0.1, 0.15) is 12.1 Å². The Balaban J connectivity index is 0.543. The zero-order chi connectivity index (χ0) is 78.4. The van der Waals surface area contributed by atoms with Crippen LogP contribution < -0.4 is 45.1 Å². The van der Waals surface area contributed by atoms with Gasteiger partial charge in [-0.1, -0.05) is 38.1 Å². The number of fused-ring (bicyclic) bond motifs is 4. The van der Waals surface area contributed by atoms with Crippen LogP contribution in [0.1, 0.15) is 84.7 Å². The van der Waals surface area contributed by atoms with Crippen molar-refractivity contribution in [3.8, 4) is 23.0 Å². The highest BCUT2D eigenvalue weighted by Crippen LogP contribution is 2.42. The first-order valence-corrected chi connectivity index (χ1v) is 37.8. The molecular formula is C80H103N11O20. The lowest BCUT2D eigenvalue weighted by Crippen LogP contribution is -2.53. The van der Waals surface area contributed by atoms with Gasteiger partial charge < -0.3 is 97.7 Å². The third kappa shape index (κ3) is 24.5. The molecule has 4 atom stereocenters. The van der Waals surface area contributed by atoms with Crippen LogP contribution >= 0.6 is 0 Å². The van der Waals surface area contributed by atoms with Gasteiger partial charge in [-0.05, 0) is 78.6 Å². The molecule has 0 radical (unpaired) electrons. The van der Waals surface area contributed by atoms with E-state index in [4.69, 9.17) is 66.8 Å². The van der Waals surface area contributed by atoms with Crippen molar-refractivity contribution in [3.05, 3.63) is 120 Å². The van der Waals surface area contributed by atoms with Crippen LogP contribution in [0.15, 0.2) is 107 Å². The number of nitrogens with one attached hydrogen (secondary N) is 4. The van der Waals surface area contributed by atoms with Gasteiger partial charge in [0.2, 0.25) is 23.6 Å². The molecule has 31 nitrogen and oxygen atoms in total. The van der Waals surface area contributed by atoms with Crippen LogP contribution in [0.2, 0.25) is 0 Å². The summed E-state index contributed by atoms with van der Waals surface area (Å²) < 4.78 is 68.0. The Morgan fingerprint density at radius 3 is 1.41 bits per heavy atom. The second-order valence-electron chi connectivity index (χ2n) is 27.3. The molecule has 598 valence electrons. The predicted octanol–water partition coefficient (Wildman–Crippen LogP) is 5.78. The number of anilines is 2. The van der Waals surface area contributed by atoms with Crippen LogP contribution in [0.5, 0.6) is 23.0 Å². The van der Waals surface area contributed by atoms with Crippen molar-refractivity contribution in [2.45, 2.75) is 77.0 Å². The van der Waals surface area contributed by atoms with E-state index in [9.17, 15) is 38.4 Å². The number of likely N-dealkylation sites (N-methyl/N-ethyl adjacent to an activating group) is 1. The second-order valence-corrected chi connectivity index (χ2v) is 27.3. The lowest BCUT2D eigenvalue weighted by molar-refractivity contribution is -0.137. The number of amides is 8. The smallest absolute Gasteiger partial charge is 0.260 e. The summed E-state index contributed by atoms with van der Waals surface area (Å²) in [4.78, 5) is 122. The summed E-state index contributed by atoms with van der Waals surface area (Å²) in [5.41, 5.74) is 7.28. The molecule has 8 amide bonds. The number of ether oxygens (including phenoxy) is 12. The Kier molecular flexibility index (Phi) is 32.4. The summed E-state index contributed by atoms with van der Waals surface area (Å²) in [7, 11) is 5.20. The number of rotatable bonds is 47. The molecule has 0 saturated carbocycles. The SMILES string of the molecule is COc1cc2c(cc1OCCCOc1cc3c(cc1OC)C(=O)N1C=C(c4ccc(N5CCN(C)CC5)cc4)C[C@H]1C=N3)N=C[C@@H]1CC(c3ccc(NC(=O)[C@H](C)NC(=O)C(NC(=O)CCOCCOCCOCCOCCOCCOCCOCCOCCNC(=O)CCN4C(=O)C=CC4=O)C(C)C)cc3)=CN1C2=O. The zero-order valence-electron chi connectivity index (χ0n) is 64.1. The van der Waals surface area contributed by atoms with Crippen molar-refractivity contribution >= 4 is 93.6 Å². The molecule has 0 aromatic heterocycles. The van der Waals surface area contributed by atoms with Crippen molar-refractivity contribution < 1.29 is 95.2 Å². The maximum absolute atomic E-state index is 14.2. The zero-order valence-corrected chi connectivity index (χ0v) is 64.1. The average molecular weight is 1540 g/mol. The fourth-order valence-electron chi connectivity index (χ4n) is 12.7. The second kappa shape index (κ2) is 43.0. The lowest BCUT2D eigenvalue weighted by Gasteiger charge is -2.34. The number of imide groups is 1. The van der Waals surface area contributed by atoms with Gasteiger partial charge in [-0.3, -0.25) is 53.2 Å². The molecule has 6 heterocycles. The van der Waals surface area contributed by atoms with Gasteiger partial charge >= 0.3 is 0 Å². The van der Waals surface area contributed by atoms with Crippen molar-refractivity contribution in [2.24, 2.45) is 15.9 Å². The van der Waals surface area contributed by atoms with E-state index in [2.05, 4.69) is 62.4 Å². The first kappa shape index (κ1) is 83.5. The normalized spacial score (nSPS) is 17.0. The maximum Gasteiger partial charge on any atom is 0.260 e. The van der Waals surface area contributed by atoms with E-state index in [0.29, 0.717) is 169 Å². The van der Waals surface area contributed by atoms with Gasteiger partial charge in [-0.25, -0.2) is 0 Å². The van der Waals surface area contributed by atoms with Crippen molar-refractivity contribution in [3.63, 3.8) is 0 Å². The van der Waals surface area contributed by atoms with Crippen LogP contribution in [0.3, 0.4) is 0 Å². The molecule has 4 N–H and O–H groups in total. The Labute approximate surface area is 646 Å². The van der Waals surface area contributed by atoms with Gasteiger partial charge in [0, 0.05) is 132 Å². The maximum atomic E-state index is 14.2. The molecule has 6 aliphatic rings. The summed E-state index contributed by atoms with van der Waals surface area (Å²) in [5, 5.41) is 11.0. The highest BCUT2D eigenvalue weighted by Gasteiger charge is 2.36. The molecule has 1 unspecified atom stereocenters. The first-order chi connectivity index (χ1) is 53.9. The van der Waals surface area contributed by atoms with Gasteiger partial charge in [0.15, 0.2) is 23.0 Å². The molecule has 10 rings (SSSR count). The number of methoxy groups -OCH3 is 2. The molecular weight excluding hydrogens is 1430 g/mol. The van der Waals surface area contributed by atoms with E-state index >= 15 is 0 Å². The molecule has 0 spiro atoms. The van der Waals surface area contributed by atoms with Crippen LogP contribution in [0, 0.1) is 5.92 Å². The fraction of sp³-hybridized carbons (Fsp3) is 0.500. The fourth-order valence-corrected chi connectivity index (χ4v) is 12.7. The number of hydrogen-bond donors (Lipinski definition) is 4. The monoisotopic (exact) mass is 1540 g/mol. The lowest BCUT2D eigenvalue weighted by atomic mass is 10.0. The van der Waals surface area contributed by atoms with Gasteiger partial charge in [0.05, 0.1) is 168 Å². The molecule has 31 heteroatoms. The number of hydrogen-bond acceptors (Lipinski definition) is 24. The van der Waals surface area contributed by atoms with Crippen LogP contribution in [-0.4, -0.2) is 283 Å². The van der Waals surface area contributed by atoms with E-state index < -0.39 is 35.7 Å². The van der Waals surface area contributed by atoms with Gasteiger partial charge in [-0.15, -0.1) is 0 Å². The predicted molar refractivity (Wildman–Crippen MR) is 413 cm³/mol. The molecule has 1 fully saturated rings. The minimum Gasteiger partial charge on any atom is -0.493 e. The Morgan fingerprint density at radius 1 is 0.505 bits per heavy atom. The average Bonchev–Trinajstić information content (AvgIpc) is 1.64. The topological polar surface area (TPSA) is 336 Å². The van der Waals surface area contributed by atoms with Crippen molar-refractivity contribution in [1.29, 1.82) is 0 Å². The van der Waals surface area contributed by atoms with Crippen LogP contribution in [-0.2, 0) is 66.7 Å². The third-order valence-electron chi connectivity index (χ3n) is 19.0. The van der Waals surface area contributed by atoms with Crippen LogP contribution in [0.25, 0.3) is 11.1 Å². The number of aliphatic imine (C=N–C) groups is 2. The highest BCUT2D eigenvalue weighted by atomic mass is 16.6. The summed E-state index contributed by atoms with van der Waals surface area (Å²) >= 11 is 0. The van der Waals surface area contributed by atoms with E-state index in [1.807, 2.05) is 30.7 Å². The molecule has 6 aliphatic heterocycles. The van der Waals surface area contributed by atoms with E-state index in [1.165, 1.54) is 32.1 Å². The summed E-state index contributed by atoms with van der Waals surface area (Å²) in [6, 6.07) is 20.1. The third-order valence-corrected chi connectivity index (χ3v) is 19.0. The minimum absolute atomic E-state index is 0.0120. The standard InChI is InChI=1S/C80H103N11O20/c1-54(2)76(86-73(93)19-28-102-30-32-104-34-36-106-38-40-108-42-43-109-41-39-107-37-35-105-33-31-103-29-20-81-72(92)18-21-89-74(94)16-17-75(89)95)78(97)84-55(3)77(96)85-60-12-8-56(9-13-60)58-44-62-50-82-66-48-70(68(100-5)46-64(66)79(98)90(62)52-58)110-26-7-27-111-71-49-67-65(47-69(71)101-6)80(99)91-53-59(45-63(91)51-83-67)57-10-14-61(15-11-57)88-24-22-87(4)23-25-88/h8-17,46-55,62-63,76H,7,18-45H2,1-6H3,(H,81,92)(H,84,97)(H,85,96)(H,86,93)/t55-,62-,63-,76?/m0/s1. The molecule has 1 saturated heterocycles. The largest absolute Gasteiger partial charge is 0.493 e. The number of benzene rings is 4. The molecule has 4 aromatic rings. The Hall–Kier alpha value is -9.96. The summed E-state index contributed by atoms with van der Waals surface area (Å²) in [5.74, 6) is -1.54. The number of nitrogens with zero attached hydrogens (tertiary/aromatic N) is 7. The number of carbonyl (C=O) groups excluding carboxylic acids is 8. The number of carbonyl (C=O) groups is 8. The van der Waals surface area contributed by atoms with E-state index in [-0.39, 0.29) is 87.4 Å². The number of piperazine rings is 1. The van der Waals surface area contributed by atoms with Crippen molar-refractivity contribution in [1.82, 2.24) is 35.6 Å². The van der Waals surface area contributed by atoms with Gasteiger partial charge in [0.25, 0.3) is 23.6 Å². The van der Waals surface area contributed by atoms with E-state index in [1.54, 1.807) is 73.2 Å². The van der Waals surface area contributed by atoms with Crippen LogP contribution in [0.4, 0.5) is 22.7 Å². The molecule has 111 heavy (non-hydrogen) atoms. The molecule has 0 aliphatic carbocycles. The van der Waals surface area contributed by atoms with Gasteiger partial charge in [-0.2, -0.15) is 0 Å². The first-order valence-electron chi connectivity index (χ1n) is 37.8. The molecule has 0 bridgehead atoms. The summed E-state index contributed by atoms with van der Waals surface area (Å²) in [6.07, 6.45) is 11.3. The minimum atomic E-state index is -0.944. The highest BCUT2D eigenvalue weighted by molar-refractivity contribution is 6.13. The Morgan fingerprint density at radius 2 is 0.955 bits per heavy atom.